The molecule has 0 saturated heterocycles. The molecule has 0 bridgehead atoms. The molecular weight excluding hydrogens is 285 g/mol. The van der Waals surface area contributed by atoms with E-state index in [4.69, 9.17) is 0 Å². The second-order valence-electron chi connectivity index (χ2n) is 4.66. The molecule has 6 heteroatoms. The van der Waals surface area contributed by atoms with Crippen molar-refractivity contribution in [2.24, 2.45) is 0 Å². The van der Waals surface area contributed by atoms with Crippen LogP contribution in [0.25, 0.3) is 0 Å². The summed E-state index contributed by atoms with van der Waals surface area (Å²) in [6.45, 7) is 1.51. The Kier molecular flexibility index (Phi) is 5.08. The van der Waals surface area contributed by atoms with Gasteiger partial charge >= 0.3 is 6.03 Å². The summed E-state index contributed by atoms with van der Waals surface area (Å²) in [6, 6.07) is 13.3. The fraction of sp³-hybridized carbons (Fsp3) is 0.125. The first-order valence-corrected chi connectivity index (χ1v) is 6.74. The van der Waals surface area contributed by atoms with Crippen LogP contribution in [0.3, 0.4) is 0 Å². The molecule has 2 aromatic carbocycles. The standard InChI is InChI=1S/C16H16FN3O2/c1-11(15(21)20-14-10-6-5-9-13(14)17)18-16(22)19-12-7-3-2-4-8-12/h2-11H,1H3,(H,20,21)(H2,18,19,22). The molecule has 0 heterocycles. The molecule has 1 atom stereocenters. The summed E-state index contributed by atoms with van der Waals surface area (Å²) in [5.74, 6) is -1.04. The molecule has 3 N–H and O–H groups in total. The van der Waals surface area contributed by atoms with E-state index in [0.29, 0.717) is 5.69 Å². The maximum Gasteiger partial charge on any atom is 0.319 e. The van der Waals surface area contributed by atoms with Gasteiger partial charge in [-0.05, 0) is 31.2 Å². The van der Waals surface area contributed by atoms with E-state index < -0.39 is 23.8 Å². The van der Waals surface area contributed by atoms with Gasteiger partial charge in [-0.15, -0.1) is 0 Å². The van der Waals surface area contributed by atoms with Crippen molar-refractivity contribution in [2.45, 2.75) is 13.0 Å². The summed E-state index contributed by atoms with van der Waals surface area (Å²) in [5, 5.41) is 7.50. The van der Waals surface area contributed by atoms with Crippen LogP contribution in [0.4, 0.5) is 20.6 Å². The Morgan fingerprint density at radius 1 is 0.955 bits per heavy atom. The second kappa shape index (κ2) is 7.21. The molecule has 0 fully saturated rings. The number of hydrogen-bond donors (Lipinski definition) is 3. The van der Waals surface area contributed by atoms with Crippen molar-refractivity contribution in [3.63, 3.8) is 0 Å². The van der Waals surface area contributed by atoms with Gasteiger partial charge in [-0.25, -0.2) is 9.18 Å². The van der Waals surface area contributed by atoms with Crippen molar-refractivity contribution < 1.29 is 14.0 Å². The lowest BCUT2D eigenvalue weighted by Gasteiger charge is -2.15. The molecule has 2 rings (SSSR count). The Morgan fingerprint density at radius 2 is 1.59 bits per heavy atom. The molecule has 0 aliphatic rings. The number of hydrogen-bond acceptors (Lipinski definition) is 2. The van der Waals surface area contributed by atoms with Gasteiger partial charge in [0.1, 0.15) is 11.9 Å². The monoisotopic (exact) mass is 301 g/mol. The van der Waals surface area contributed by atoms with Gasteiger partial charge in [-0.1, -0.05) is 30.3 Å². The van der Waals surface area contributed by atoms with Crippen LogP contribution in [-0.4, -0.2) is 18.0 Å². The van der Waals surface area contributed by atoms with Crippen LogP contribution in [0, 0.1) is 5.82 Å². The lowest BCUT2D eigenvalue weighted by Crippen LogP contribution is -2.43. The van der Waals surface area contributed by atoms with E-state index in [1.165, 1.54) is 25.1 Å². The number of urea groups is 1. The topological polar surface area (TPSA) is 70.2 Å². The average molecular weight is 301 g/mol. The van der Waals surface area contributed by atoms with Crippen LogP contribution in [0.1, 0.15) is 6.92 Å². The highest BCUT2D eigenvalue weighted by Crippen LogP contribution is 2.12. The number of amides is 3. The number of benzene rings is 2. The predicted octanol–water partition coefficient (Wildman–Crippen LogP) is 2.97. The number of para-hydroxylation sites is 2. The zero-order valence-corrected chi connectivity index (χ0v) is 12.0. The third-order valence-corrected chi connectivity index (χ3v) is 2.90. The first kappa shape index (κ1) is 15.5. The highest BCUT2D eigenvalue weighted by Gasteiger charge is 2.16. The van der Waals surface area contributed by atoms with Gasteiger partial charge in [0, 0.05) is 5.69 Å². The van der Waals surface area contributed by atoms with Crippen molar-refractivity contribution in [1.82, 2.24) is 5.32 Å². The Hall–Kier alpha value is -2.89. The molecule has 0 radical (unpaired) electrons. The lowest BCUT2D eigenvalue weighted by atomic mass is 10.2. The number of rotatable bonds is 4. The fourth-order valence-corrected chi connectivity index (χ4v) is 1.75. The van der Waals surface area contributed by atoms with Gasteiger partial charge < -0.3 is 16.0 Å². The number of anilines is 2. The maximum absolute atomic E-state index is 13.4. The molecule has 22 heavy (non-hydrogen) atoms. The van der Waals surface area contributed by atoms with Gasteiger partial charge in [0.05, 0.1) is 5.69 Å². The highest BCUT2D eigenvalue weighted by molar-refractivity contribution is 5.98. The lowest BCUT2D eigenvalue weighted by molar-refractivity contribution is -0.117. The summed E-state index contributed by atoms with van der Waals surface area (Å²) in [7, 11) is 0. The van der Waals surface area contributed by atoms with Gasteiger partial charge in [0.15, 0.2) is 0 Å². The van der Waals surface area contributed by atoms with Crippen LogP contribution in [-0.2, 0) is 4.79 Å². The molecule has 3 amide bonds. The van der Waals surface area contributed by atoms with Crippen LogP contribution >= 0.6 is 0 Å². The highest BCUT2D eigenvalue weighted by atomic mass is 19.1. The van der Waals surface area contributed by atoms with E-state index in [1.807, 2.05) is 6.07 Å². The van der Waals surface area contributed by atoms with Crippen LogP contribution < -0.4 is 16.0 Å². The molecule has 1 unspecified atom stereocenters. The number of carbonyl (C=O) groups excluding carboxylic acids is 2. The Morgan fingerprint density at radius 3 is 2.27 bits per heavy atom. The zero-order chi connectivity index (χ0) is 15.9. The van der Waals surface area contributed by atoms with Crippen LogP contribution in [0.5, 0.6) is 0 Å². The van der Waals surface area contributed by atoms with E-state index >= 15 is 0 Å². The molecule has 5 nitrogen and oxygen atoms in total. The maximum atomic E-state index is 13.4. The quantitative estimate of drug-likeness (QED) is 0.812. The number of nitrogens with one attached hydrogen (secondary N) is 3. The SMILES string of the molecule is CC(NC(=O)Nc1ccccc1)C(=O)Nc1ccccc1F. The molecule has 114 valence electrons. The smallest absolute Gasteiger partial charge is 0.319 e. The van der Waals surface area contributed by atoms with Crippen molar-refractivity contribution >= 4 is 23.3 Å². The van der Waals surface area contributed by atoms with E-state index in [2.05, 4.69) is 16.0 Å². The minimum Gasteiger partial charge on any atom is -0.326 e. The van der Waals surface area contributed by atoms with Gasteiger partial charge in [0.2, 0.25) is 5.91 Å². The summed E-state index contributed by atoms with van der Waals surface area (Å²) in [6.07, 6.45) is 0. The third-order valence-electron chi connectivity index (χ3n) is 2.90. The summed E-state index contributed by atoms with van der Waals surface area (Å²) >= 11 is 0. The van der Waals surface area contributed by atoms with E-state index in [-0.39, 0.29) is 5.69 Å². The van der Waals surface area contributed by atoms with Crippen molar-refractivity contribution in [3.05, 3.63) is 60.4 Å². The fourth-order valence-electron chi connectivity index (χ4n) is 1.75. The molecular formula is C16H16FN3O2. The van der Waals surface area contributed by atoms with Crippen LogP contribution in [0.2, 0.25) is 0 Å². The number of halogens is 1. The largest absolute Gasteiger partial charge is 0.326 e. The molecule has 0 aromatic heterocycles. The molecule has 0 aliphatic heterocycles. The Bertz CT molecular complexity index is 661. The van der Waals surface area contributed by atoms with E-state index in [9.17, 15) is 14.0 Å². The minimum atomic E-state index is -0.816. The summed E-state index contributed by atoms with van der Waals surface area (Å²) in [4.78, 5) is 23.7. The Labute approximate surface area is 127 Å². The molecule has 0 saturated carbocycles. The summed E-state index contributed by atoms with van der Waals surface area (Å²) < 4.78 is 13.4. The molecule has 0 spiro atoms. The normalized spacial score (nSPS) is 11.4. The number of carbonyl (C=O) groups is 2. The molecule has 2 aromatic rings. The van der Waals surface area contributed by atoms with E-state index in [1.54, 1.807) is 30.3 Å². The predicted molar refractivity (Wildman–Crippen MR) is 83.1 cm³/mol. The minimum absolute atomic E-state index is 0.0737. The van der Waals surface area contributed by atoms with E-state index in [0.717, 1.165) is 0 Å². The third kappa shape index (κ3) is 4.31. The summed E-state index contributed by atoms with van der Waals surface area (Å²) in [5.41, 5.74) is 0.686. The van der Waals surface area contributed by atoms with Crippen molar-refractivity contribution in [2.75, 3.05) is 10.6 Å². The Balaban J connectivity index is 1.88. The second-order valence-corrected chi connectivity index (χ2v) is 4.66. The average Bonchev–Trinajstić information content (AvgIpc) is 2.50. The van der Waals surface area contributed by atoms with Gasteiger partial charge in [0.25, 0.3) is 0 Å². The van der Waals surface area contributed by atoms with Gasteiger partial charge in [-0.2, -0.15) is 0 Å². The first-order valence-electron chi connectivity index (χ1n) is 6.74. The van der Waals surface area contributed by atoms with Crippen LogP contribution in [0.15, 0.2) is 54.6 Å². The van der Waals surface area contributed by atoms with Crippen molar-refractivity contribution in [1.29, 1.82) is 0 Å². The zero-order valence-electron chi connectivity index (χ0n) is 12.0. The first-order chi connectivity index (χ1) is 10.6. The van der Waals surface area contributed by atoms with Gasteiger partial charge in [-0.3, -0.25) is 4.79 Å². The van der Waals surface area contributed by atoms with Crippen molar-refractivity contribution in [3.8, 4) is 0 Å². The molecule has 0 aliphatic carbocycles.